The minimum absolute atomic E-state index is 0.152. The molecule has 0 saturated carbocycles. The van der Waals surface area contributed by atoms with Crippen molar-refractivity contribution in [3.8, 4) is 5.75 Å². The van der Waals surface area contributed by atoms with Crippen LogP contribution in [-0.4, -0.2) is 18.8 Å². The number of alkyl halides is 6. The van der Waals surface area contributed by atoms with Crippen LogP contribution in [0.5, 0.6) is 5.75 Å². The van der Waals surface area contributed by atoms with Crippen LogP contribution >= 0.6 is 0 Å². The molecule has 0 saturated heterocycles. The van der Waals surface area contributed by atoms with Gasteiger partial charge in [-0.1, -0.05) is 13.8 Å². The molecule has 3 nitrogen and oxygen atoms in total. The van der Waals surface area contributed by atoms with E-state index in [-0.39, 0.29) is 11.3 Å². The molecule has 0 aliphatic heterocycles. The Morgan fingerprint density at radius 3 is 1.91 bits per heavy atom. The molecule has 0 atom stereocenters. The van der Waals surface area contributed by atoms with Gasteiger partial charge >= 0.3 is 12.5 Å². The largest absolute Gasteiger partial charge is 0.573 e. The van der Waals surface area contributed by atoms with Crippen molar-refractivity contribution < 1.29 is 31.1 Å². The first-order valence-electron chi connectivity index (χ1n) is 6.42. The van der Waals surface area contributed by atoms with Crippen molar-refractivity contribution in [1.29, 1.82) is 0 Å². The quantitative estimate of drug-likeness (QED) is 0.613. The van der Waals surface area contributed by atoms with Gasteiger partial charge in [-0.2, -0.15) is 13.2 Å². The molecule has 1 aromatic carbocycles. The maximum Gasteiger partial charge on any atom is 0.573 e. The molecule has 2 N–H and O–H groups in total. The number of hydrogen-bond acceptors (Lipinski definition) is 3. The van der Waals surface area contributed by atoms with Gasteiger partial charge < -0.3 is 10.5 Å². The maximum absolute atomic E-state index is 12.3. The predicted molar refractivity (Wildman–Crippen MR) is 75.6 cm³/mol. The highest BCUT2D eigenvalue weighted by Gasteiger charge is 2.32. The molecule has 23 heavy (non-hydrogen) atoms. The molecule has 1 rings (SSSR count). The van der Waals surface area contributed by atoms with Crippen LogP contribution in [0, 0.1) is 0 Å². The Balaban J connectivity index is 0.00000232. The number of nitrogens with zero attached hydrogens (tertiary/aromatic N) is 1. The van der Waals surface area contributed by atoms with Crippen molar-refractivity contribution in [2.75, 3.05) is 0 Å². The van der Waals surface area contributed by atoms with Gasteiger partial charge in [-0.05, 0) is 36.8 Å². The fourth-order valence-corrected chi connectivity index (χ4v) is 1.20. The SMILES string of the molecule is C/C(C=Nc1ccc(OC(F)(F)F)cc1)=C(/N)C(F)(F)F.CC. The van der Waals surface area contributed by atoms with Gasteiger partial charge in [0.25, 0.3) is 0 Å². The van der Waals surface area contributed by atoms with Gasteiger partial charge in [-0.3, -0.25) is 4.99 Å². The van der Waals surface area contributed by atoms with Gasteiger partial charge in [0.2, 0.25) is 0 Å². The van der Waals surface area contributed by atoms with Crippen LogP contribution in [0.25, 0.3) is 0 Å². The van der Waals surface area contributed by atoms with E-state index in [9.17, 15) is 26.3 Å². The molecular formula is C14H16F6N2O. The number of aliphatic imine (C=N–C) groups is 1. The zero-order valence-corrected chi connectivity index (χ0v) is 12.6. The second-order valence-electron chi connectivity index (χ2n) is 3.89. The zero-order chi connectivity index (χ0) is 18.3. The monoisotopic (exact) mass is 342 g/mol. The number of ether oxygens (including phenoxy) is 1. The number of nitrogens with two attached hydrogens (primary N) is 1. The third-order valence-electron chi connectivity index (χ3n) is 2.21. The van der Waals surface area contributed by atoms with Crippen LogP contribution < -0.4 is 10.5 Å². The van der Waals surface area contributed by atoms with E-state index in [1.807, 2.05) is 13.8 Å². The van der Waals surface area contributed by atoms with Crippen LogP contribution in [0.1, 0.15) is 20.8 Å². The summed E-state index contributed by atoms with van der Waals surface area (Å²) in [7, 11) is 0. The Kier molecular flexibility index (Phi) is 7.64. The van der Waals surface area contributed by atoms with Crippen molar-refractivity contribution in [3.63, 3.8) is 0 Å². The van der Waals surface area contributed by atoms with E-state index in [4.69, 9.17) is 5.73 Å². The lowest BCUT2D eigenvalue weighted by Crippen LogP contribution is -2.21. The molecule has 0 aromatic heterocycles. The minimum atomic E-state index is -4.81. The third kappa shape index (κ3) is 8.12. The highest BCUT2D eigenvalue weighted by molar-refractivity contribution is 5.81. The smallest absolute Gasteiger partial charge is 0.406 e. The molecule has 0 heterocycles. The molecule has 1 aromatic rings. The van der Waals surface area contributed by atoms with E-state index in [0.29, 0.717) is 0 Å². The topological polar surface area (TPSA) is 47.6 Å². The second kappa shape index (κ2) is 8.44. The van der Waals surface area contributed by atoms with E-state index in [1.54, 1.807) is 0 Å². The van der Waals surface area contributed by atoms with Gasteiger partial charge in [0.1, 0.15) is 11.4 Å². The standard InChI is InChI=1S/C12H10F6N2O.C2H6/c1-7(10(19)11(13,14)15)6-20-8-2-4-9(5-3-8)21-12(16,17)18;1-2/h2-6H,19H2,1H3;1-2H3/b10-7-,20-6?;. The maximum atomic E-state index is 12.3. The first-order chi connectivity index (χ1) is 10.5. The summed E-state index contributed by atoms with van der Waals surface area (Å²) in [5, 5.41) is 0. The van der Waals surface area contributed by atoms with Crippen LogP contribution in [0.4, 0.5) is 32.0 Å². The zero-order valence-electron chi connectivity index (χ0n) is 12.6. The molecule has 0 fully saturated rings. The second-order valence-corrected chi connectivity index (χ2v) is 3.89. The first-order valence-corrected chi connectivity index (χ1v) is 6.42. The van der Waals surface area contributed by atoms with Crippen LogP contribution in [0.15, 0.2) is 40.5 Å². The Hall–Kier alpha value is -2.19. The Bertz CT molecular complexity index is 544. The van der Waals surface area contributed by atoms with Crippen molar-refractivity contribution >= 4 is 11.9 Å². The third-order valence-corrected chi connectivity index (χ3v) is 2.21. The van der Waals surface area contributed by atoms with E-state index < -0.39 is 24.0 Å². The summed E-state index contributed by atoms with van der Waals surface area (Å²) in [5.74, 6) is -0.455. The average molecular weight is 342 g/mol. The highest BCUT2D eigenvalue weighted by atomic mass is 19.4. The van der Waals surface area contributed by atoms with E-state index in [2.05, 4.69) is 9.73 Å². The molecule has 0 spiro atoms. The number of rotatable bonds is 3. The molecule has 9 heteroatoms. The average Bonchev–Trinajstić information content (AvgIpc) is 2.45. The van der Waals surface area contributed by atoms with Gasteiger partial charge in [0, 0.05) is 6.21 Å². The van der Waals surface area contributed by atoms with Gasteiger partial charge in [-0.25, -0.2) is 0 Å². The molecule has 130 valence electrons. The number of hydrogen-bond donors (Lipinski definition) is 1. The summed E-state index contributed by atoms with van der Waals surface area (Å²) in [6, 6.07) is 4.31. The summed E-state index contributed by atoms with van der Waals surface area (Å²) in [4.78, 5) is 3.68. The molecule has 0 amide bonds. The van der Waals surface area contributed by atoms with Crippen LogP contribution in [0.3, 0.4) is 0 Å². The van der Waals surface area contributed by atoms with Gasteiger partial charge in [-0.15, -0.1) is 13.2 Å². The highest BCUT2D eigenvalue weighted by Crippen LogP contribution is 2.26. The Morgan fingerprint density at radius 2 is 1.52 bits per heavy atom. The number of halogens is 6. The van der Waals surface area contributed by atoms with Crippen molar-refractivity contribution in [2.45, 2.75) is 33.3 Å². The van der Waals surface area contributed by atoms with Crippen LogP contribution in [-0.2, 0) is 0 Å². The molecule has 0 radical (unpaired) electrons. The fourth-order valence-electron chi connectivity index (χ4n) is 1.20. The predicted octanol–water partition coefficient (Wildman–Crippen LogP) is 5.11. The molecule has 0 unspecified atom stereocenters. The molecule has 0 aliphatic carbocycles. The van der Waals surface area contributed by atoms with Gasteiger partial charge in [0.15, 0.2) is 0 Å². The van der Waals surface area contributed by atoms with E-state index >= 15 is 0 Å². The molecule has 0 bridgehead atoms. The Labute approximate surface area is 129 Å². The summed E-state index contributed by atoms with van der Waals surface area (Å²) < 4.78 is 76.2. The van der Waals surface area contributed by atoms with Crippen molar-refractivity contribution in [1.82, 2.24) is 0 Å². The summed E-state index contributed by atoms with van der Waals surface area (Å²) >= 11 is 0. The molecular weight excluding hydrogens is 326 g/mol. The fraction of sp³-hybridized carbons (Fsp3) is 0.357. The lowest BCUT2D eigenvalue weighted by atomic mass is 10.2. The molecule has 0 aliphatic rings. The lowest BCUT2D eigenvalue weighted by molar-refractivity contribution is -0.274. The number of allylic oxidation sites excluding steroid dienone is 2. The van der Waals surface area contributed by atoms with E-state index in [1.165, 1.54) is 0 Å². The summed E-state index contributed by atoms with van der Waals surface area (Å²) in [6.07, 6.45) is -8.60. The van der Waals surface area contributed by atoms with E-state index in [0.717, 1.165) is 37.4 Å². The van der Waals surface area contributed by atoms with Gasteiger partial charge in [0.05, 0.1) is 5.69 Å². The summed E-state index contributed by atoms with van der Waals surface area (Å²) in [6.45, 7) is 5.12. The first kappa shape index (κ1) is 20.8. The Morgan fingerprint density at radius 1 is 1.04 bits per heavy atom. The minimum Gasteiger partial charge on any atom is -0.406 e. The lowest BCUT2D eigenvalue weighted by Gasteiger charge is -2.08. The van der Waals surface area contributed by atoms with Crippen molar-refractivity contribution in [3.05, 3.63) is 35.5 Å². The summed E-state index contributed by atoms with van der Waals surface area (Å²) in [5.41, 5.74) is 3.43. The van der Waals surface area contributed by atoms with Crippen LogP contribution in [0.2, 0.25) is 0 Å². The normalized spacial score (nSPS) is 13.3. The number of benzene rings is 1. The van der Waals surface area contributed by atoms with Crippen molar-refractivity contribution in [2.24, 2.45) is 10.7 Å².